The van der Waals surface area contributed by atoms with Gasteiger partial charge in [0.15, 0.2) is 0 Å². The molecule has 4 aromatic carbocycles. The highest BCUT2D eigenvalue weighted by molar-refractivity contribution is 6.34. The van der Waals surface area contributed by atoms with Gasteiger partial charge in [-0.25, -0.2) is 9.69 Å². The average molecular weight is 679 g/mol. The van der Waals surface area contributed by atoms with E-state index in [0.717, 1.165) is 5.56 Å². The minimum absolute atomic E-state index is 0.0756. The lowest BCUT2D eigenvalue weighted by Gasteiger charge is -2.38. The normalized spacial score (nSPS) is 14.7. The fourth-order valence-corrected chi connectivity index (χ4v) is 5.81. The van der Waals surface area contributed by atoms with Crippen LogP contribution in [-0.4, -0.2) is 42.0 Å². The number of nitrogens with one attached hydrogen (secondary N) is 1. The Morgan fingerprint density at radius 2 is 1.27 bits per heavy atom. The summed E-state index contributed by atoms with van der Waals surface area (Å²) in [6.45, 7) is -0.288. The van der Waals surface area contributed by atoms with E-state index < -0.39 is 80.7 Å². The van der Waals surface area contributed by atoms with Gasteiger partial charge in [0.2, 0.25) is 5.41 Å². The van der Waals surface area contributed by atoms with Gasteiger partial charge in [-0.1, -0.05) is 54.6 Å². The molecule has 0 aliphatic carbocycles. The third-order valence-corrected chi connectivity index (χ3v) is 8.10. The first-order valence-corrected chi connectivity index (χ1v) is 14.3. The van der Waals surface area contributed by atoms with Gasteiger partial charge in [-0.15, -0.1) is 0 Å². The van der Waals surface area contributed by atoms with E-state index in [-0.39, 0.29) is 12.3 Å². The zero-order chi connectivity index (χ0) is 35.3. The van der Waals surface area contributed by atoms with Crippen LogP contribution in [0.25, 0.3) is 6.08 Å². The predicted molar refractivity (Wildman–Crippen MR) is 160 cm³/mol. The number of anilines is 1. The van der Waals surface area contributed by atoms with Crippen molar-refractivity contribution in [1.82, 2.24) is 5.32 Å². The Bertz CT molecular complexity index is 2070. The van der Waals surface area contributed by atoms with Crippen LogP contribution >= 0.6 is 0 Å². The van der Waals surface area contributed by atoms with Crippen LogP contribution in [0.1, 0.15) is 63.7 Å². The van der Waals surface area contributed by atoms with E-state index in [0.29, 0.717) is 46.9 Å². The molecule has 8 nitrogen and oxygen atoms in total. The number of carbonyl (C=O) groups is 5. The van der Waals surface area contributed by atoms with Crippen LogP contribution in [0.4, 0.5) is 32.0 Å². The number of hydrogen-bond donors (Lipinski definition) is 1. The molecular weight excluding hydrogens is 658 g/mol. The number of hydrogen-bond acceptors (Lipinski definition) is 6. The van der Waals surface area contributed by atoms with Crippen molar-refractivity contribution in [1.29, 1.82) is 0 Å². The molecule has 49 heavy (non-hydrogen) atoms. The van der Waals surface area contributed by atoms with Gasteiger partial charge >= 0.3 is 18.3 Å². The first kappa shape index (κ1) is 32.9. The molecule has 0 atom stereocenters. The van der Waals surface area contributed by atoms with Gasteiger partial charge in [-0.3, -0.25) is 24.5 Å². The number of alkyl halides is 6. The lowest BCUT2D eigenvalue weighted by atomic mass is 9.71. The standard InChI is InChI=1S/C35H20F6N2O6/c36-34(37,38)33(35(39,40)41,21-10-12-24-26(16-21)30(46)42-29(24)45)22-11-13-25-27(17-22)32(48)43(31(25)47)23-8-4-7-20(15-23)18-49-28(44)14-9-19-5-2-1-3-6-19/h1-17H,18H2,(H,42,45,46)/b14-9+. The molecule has 4 aromatic rings. The fraction of sp³-hybridized carbons (Fsp3) is 0.114. The minimum Gasteiger partial charge on any atom is -0.458 e. The van der Waals surface area contributed by atoms with Crippen molar-refractivity contribution in [2.45, 2.75) is 24.4 Å². The molecule has 14 heteroatoms. The molecule has 0 fully saturated rings. The Balaban J connectivity index is 1.33. The highest BCUT2D eigenvalue weighted by atomic mass is 19.4. The molecule has 248 valence electrons. The summed E-state index contributed by atoms with van der Waals surface area (Å²) in [6.07, 6.45) is -9.44. The van der Waals surface area contributed by atoms with E-state index in [1.165, 1.54) is 36.4 Å². The third-order valence-electron chi connectivity index (χ3n) is 8.10. The Morgan fingerprint density at radius 1 is 0.673 bits per heavy atom. The maximum atomic E-state index is 14.9. The smallest absolute Gasteiger partial charge is 0.411 e. The quantitative estimate of drug-likeness (QED) is 0.103. The van der Waals surface area contributed by atoms with E-state index in [4.69, 9.17) is 4.74 Å². The van der Waals surface area contributed by atoms with E-state index in [1.54, 1.807) is 30.3 Å². The first-order chi connectivity index (χ1) is 23.1. The molecule has 0 radical (unpaired) electrons. The van der Waals surface area contributed by atoms with Crippen molar-refractivity contribution in [3.63, 3.8) is 0 Å². The number of halogens is 6. The molecular formula is C35H20F6N2O6. The summed E-state index contributed by atoms with van der Waals surface area (Å²) in [5.41, 5.74) is -8.91. The van der Waals surface area contributed by atoms with Gasteiger partial charge in [-0.05, 0) is 64.7 Å². The Labute approximate surface area is 272 Å². The molecule has 0 spiro atoms. The summed E-state index contributed by atoms with van der Waals surface area (Å²) < 4.78 is 94.3. The van der Waals surface area contributed by atoms with Crippen LogP contribution in [0.3, 0.4) is 0 Å². The van der Waals surface area contributed by atoms with Gasteiger partial charge < -0.3 is 4.74 Å². The van der Waals surface area contributed by atoms with Crippen LogP contribution in [0, 0.1) is 0 Å². The van der Waals surface area contributed by atoms with E-state index in [9.17, 15) is 50.3 Å². The Kier molecular flexibility index (Phi) is 7.97. The summed E-state index contributed by atoms with van der Waals surface area (Å²) in [4.78, 5) is 63.7. The SMILES string of the molecule is O=C(/C=C/c1ccccc1)OCc1cccc(N2C(=O)c3ccc(C(c4ccc5c(c4)C(=O)NC5=O)(C(F)(F)F)C(F)(F)F)cc3C2=O)c1. The first-order valence-electron chi connectivity index (χ1n) is 14.3. The van der Waals surface area contributed by atoms with Crippen LogP contribution in [0.5, 0.6) is 0 Å². The fourth-order valence-electron chi connectivity index (χ4n) is 5.81. The lowest BCUT2D eigenvalue weighted by molar-refractivity contribution is -0.288. The molecule has 0 saturated carbocycles. The van der Waals surface area contributed by atoms with Gasteiger partial charge in [0, 0.05) is 6.08 Å². The molecule has 1 N–H and O–H groups in total. The van der Waals surface area contributed by atoms with Crippen molar-refractivity contribution in [2.24, 2.45) is 0 Å². The van der Waals surface area contributed by atoms with Gasteiger partial charge in [0.25, 0.3) is 23.6 Å². The van der Waals surface area contributed by atoms with Crippen LogP contribution in [0.15, 0.2) is 97.1 Å². The minimum atomic E-state index is -6.08. The molecule has 2 aliphatic rings. The number of imide groups is 2. The predicted octanol–water partition coefficient (Wildman–Crippen LogP) is 6.54. The van der Waals surface area contributed by atoms with Crippen LogP contribution in [-0.2, 0) is 21.6 Å². The monoisotopic (exact) mass is 678 g/mol. The van der Waals surface area contributed by atoms with Gasteiger partial charge in [0.05, 0.1) is 27.9 Å². The zero-order valence-electron chi connectivity index (χ0n) is 24.7. The van der Waals surface area contributed by atoms with E-state index in [2.05, 4.69) is 0 Å². The van der Waals surface area contributed by atoms with E-state index >= 15 is 0 Å². The topological polar surface area (TPSA) is 110 Å². The number of benzene rings is 4. The average Bonchev–Trinajstić information content (AvgIpc) is 3.48. The summed E-state index contributed by atoms with van der Waals surface area (Å²) in [5.74, 6) is -5.06. The maximum absolute atomic E-state index is 14.9. The number of ether oxygens (including phenoxy) is 1. The van der Waals surface area contributed by atoms with E-state index in [1.807, 2.05) is 5.32 Å². The van der Waals surface area contributed by atoms with Crippen molar-refractivity contribution in [3.8, 4) is 0 Å². The van der Waals surface area contributed by atoms with Crippen molar-refractivity contribution in [3.05, 3.63) is 142 Å². The number of amides is 4. The van der Waals surface area contributed by atoms with Gasteiger partial charge in [0.1, 0.15) is 6.61 Å². The third kappa shape index (κ3) is 5.54. The Morgan fingerprint density at radius 3 is 1.92 bits per heavy atom. The summed E-state index contributed by atoms with van der Waals surface area (Å²) in [5, 5.41) is 1.82. The molecule has 6 rings (SSSR count). The molecule has 0 aromatic heterocycles. The second kappa shape index (κ2) is 11.9. The number of nitrogens with zero attached hydrogens (tertiary/aromatic N) is 1. The number of rotatable bonds is 7. The number of carbonyl (C=O) groups excluding carboxylic acids is 5. The second-order valence-electron chi connectivity index (χ2n) is 11.0. The molecule has 0 unspecified atom stereocenters. The van der Waals surface area contributed by atoms with Crippen molar-refractivity contribution < 1.29 is 55.1 Å². The number of esters is 1. The molecule has 4 amide bonds. The van der Waals surface area contributed by atoms with Crippen LogP contribution in [0.2, 0.25) is 0 Å². The summed E-state index contributed by atoms with van der Waals surface area (Å²) >= 11 is 0. The number of fused-ring (bicyclic) bond motifs is 2. The largest absolute Gasteiger partial charge is 0.458 e. The lowest BCUT2D eigenvalue weighted by Crippen LogP contribution is -2.55. The molecule has 0 saturated heterocycles. The van der Waals surface area contributed by atoms with Crippen molar-refractivity contribution >= 4 is 41.4 Å². The molecule has 2 heterocycles. The summed E-state index contributed by atoms with van der Waals surface area (Å²) in [6, 6.07) is 17.4. The molecule has 0 bridgehead atoms. The Hall–Kier alpha value is -6.05. The second-order valence-corrected chi connectivity index (χ2v) is 11.0. The van der Waals surface area contributed by atoms with Gasteiger partial charge in [-0.2, -0.15) is 26.3 Å². The summed E-state index contributed by atoms with van der Waals surface area (Å²) in [7, 11) is 0. The van der Waals surface area contributed by atoms with Crippen LogP contribution < -0.4 is 10.2 Å². The highest BCUT2D eigenvalue weighted by Gasteiger charge is 2.73. The molecule has 2 aliphatic heterocycles. The van der Waals surface area contributed by atoms with Crippen molar-refractivity contribution in [2.75, 3.05) is 4.90 Å². The zero-order valence-corrected chi connectivity index (χ0v) is 24.7. The maximum Gasteiger partial charge on any atom is 0.411 e. The highest BCUT2D eigenvalue weighted by Crippen LogP contribution is 2.57.